The highest BCUT2D eigenvalue weighted by Crippen LogP contribution is 2.28. The van der Waals surface area contributed by atoms with Gasteiger partial charge in [-0.15, -0.1) is 11.3 Å². The molecule has 0 aromatic carbocycles. The summed E-state index contributed by atoms with van der Waals surface area (Å²) in [6, 6.07) is 3.40. The van der Waals surface area contributed by atoms with E-state index in [0.29, 0.717) is 16.5 Å². The zero-order chi connectivity index (χ0) is 10.1. The van der Waals surface area contributed by atoms with Crippen molar-refractivity contribution in [2.45, 2.75) is 6.92 Å². The molecular formula is C9H7NO3S. The number of aryl methyl sites for hydroxylation is 1. The van der Waals surface area contributed by atoms with E-state index in [1.54, 1.807) is 19.1 Å². The van der Waals surface area contributed by atoms with E-state index in [1.807, 2.05) is 0 Å². The molecule has 72 valence electrons. The fourth-order valence-corrected chi connectivity index (χ4v) is 1.91. The fraction of sp³-hybridized carbons (Fsp3) is 0.111. The number of thiazole rings is 1. The number of carbonyl (C=O) groups is 1. The maximum atomic E-state index is 10.9. The molecule has 0 aliphatic heterocycles. The van der Waals surface area contributed by atoms with Gasteiger partial charge in [0, 0.05) is 0 Å². The van der Waals surface area contributed by atoms with E-state index in [4.69, 9.17) is 9.52 Å². The first-order valence-electron chi connectivity index (χ1n) is 3.93. The first kappa shape index (κ1) is 8.96. The van der Waals surface area contributed by atoms with Crippen molar-refractivity contribution in [3.05, 3.63) is 28.3 Å². The molecule has 0 bridgehead atoms. The fourth-order valence-electron chi connectivity index (χ4n) is 1.15. The molecule has 0 unspecified atom stereocenters. The van der Waals surface area contributed by atoms with Crippen molar-refractivity contribution in [1.82, 2.24) is 4.98 Å². The van der Waals surface area contributed by atoms with Crippen LogP contribution in [0.5, 0.6) is 0 Å². The van der Waals surface area contributed by atoms with Gasteiger partial charge in [-0.25, -0.2) is 9.78 Å². The molecule has 0 aliphatic carbocycles. The highest BCUT2D eigenvalue weighted by atomic mass is 32.1. The van der Waals surface area contributed by atoms with Gasteiger partial charge in [-0.1, -0.05) is 0 Å². The van der Waals surface area contributed by atoms with Gasteiger partial charge in [-0.05, 0) is 19.1 Å². The van der Waals surface area contributed by atoms with Crippen molar-refractivity contribution in [2.75, 3.05) is 0 Å². The van der Waals surface area contributed by atoms with E-state index < -0.39 is 5.97 Å². The number of rotatable bonds is 2. The molecule has 2 heterocycles. The Balaban J connectivity index is 2.58. The zero-order valence-electron chi connectivity index (χ0n) is 7.35. The minimum Gasteiger partial charge on any atom is -0.477 e. The maximum Gasteiger partial charge on any atom is 0.348 e. The van der Waals surface area contributed by atoms with E-state index >= 15 is 0 Å². The van der Waals surface area contributed by atoms with Gasteiger partial charge >= 0.3 is 5.97 Å². The van der Waals surface area contributed by atoms with Crippen molar-refractivity contribution >= 4 is 17.3 Å². The smallest absolute Gasteiger partial charge is 0.348 e. The van der Waals surface area contributed by atoms with E-state index in [-0.39, 0.29) is 4.88 Å². The molecule has 1 N–H and O–H groups in total. The summed E-state index contributed by atoms with van der Waals surface area (Å²) in [5, 5.41) is 9.62. The summed E-state index contributed by atoms with van der Waals surface area (Å²) in [4.78, 5) is 15.2. The van der Waals surface area contributed by atoms with Crippen LogP contribution in [0.3, 0.4) is 0 Å². The minimum absolute atomic E-state index is 0.220. The number of carboxylic acid groups (broad SMARTS) is 1. The van der Waals surface area contributed by atoms with Gasteiger partial charge in [0.2, 0.25) is 0 Å². The molecular weight excluding hydrogens is 202 g/mol. The summed E-state index contributed by atoms with van der Waals surface area (Å²) in [5.74, 6) is -0.478. The summed E-state index contributed by atoms with van der Waals surface area (Å²) in [7, 11) is 0. The number of nitrogens with zero attached hydrogens (tertiary/aromatic N) is 1. The number of furan rings is 1. The third kappa shape index (κ3) is 1.42. The highest BCUT2D eigenvalue weighted by Gasteiger charge is 2.18. The van der Waals surface area contributed by atoms with Crippen LogP contribution in [0.1, 0.15) is 14.7 Å². The lowest BCUT2D eigenvalue weighted by atomic mass is 10.3. The van der Waals surface area contributed by atoms with E-state index in [9.17, 15) is 4.79 Å². The molecule has 0 radical (unpaired) electrons. The van der Waals surface area contributed by atoms with Crippen LogP contribution < -0.4 is 0 Å². The number of carboxylic acids is 1. The van der Waals surface area contributed by atoms with Crippen molar-refractivity contribution in [3.63, 3.8) is 0 Å². The standard InChI is InChI=1S/C9H7NO3S/c1-5-10-7(6-3-2-4-13-6)8(14-5)9(11)12/h2-4H,1H3,(H,11,12). The summed E-state index contributed by atoms with van der Waals surface area (Å²) >= 11 is 1.15. The topological polar surface area (TPSA) is 63.3 Å². The first-order chi connectivity index (χ1) is 6.68. The Bertz CT molecular complexity index is 458. The van der Waals surface area contributed by atoms with Crippen LogP contribution in [0.15, 0.2) is 22.8 Å². The largest absolute Gasteiger partial charge is 0.477 e. The SMILES string of the molecule is Cc1nc(-c2ccco2)c(C(=O)O)s1. The molecule has 0 aliphatic rings. The monoisotopic (exact) mass is 209 g/mol. The predicted molar refractivity (Wildman–Crippen MR) is 51.5 cm³/mol. The second-order valence-corrected chi connectivity index (χ2v) is 3.90. The third-order valence-electron chi connectivity index (χ3n) is 1.68. The van der Waals surface area contributed by atoms with Crippen molar-refractivity contribution in [3.8, 4) is 11.5 Å². The Morgan fingerprint density at radius 2 is 2.43 bits per heavy atom. The molecule has 2 aromatic rings. The third-order valence-corrected chi connectivity index (χ3v) is 2.64. The maximum absolute atomic E-state index is 10.9. The molecule has 0 saturated heterocycles. The molecule has 2 aromatic heterocycles. The van der Waals surface area contributed by atoms with Crippen molar-refractivity contribution in [2.24, 2.45) is 0 Å². The lowest BCUT2D eigenvalue weighted by Crippen LogP contribution is -1.94. The van der Waals surface area contributed by atoms with Gasteiger partial charge in [-0.2, -0.15) is 0 Å². The second-order valence-electron chi connectivity index (χ2n) is 2.69. The van der Waals surface area contributed by atoms with Crippen LogP contribution in [-0.2, 0) is 0 Å². The number of aromatic nitrogens is 1. The Morgan fingerprint density at radius 3 is 3.00 bits per heavy atom. The predicted octanol–water partition coefficient (Wildman–Crippen LogP) is 2.41. The summed E-state index contributed by atoms with van der Waals surface area (Å²) < 4.78 is 5.10. The molecule has 5 heteroatoms. The Hall–Kier alpha value is -1.62. The molecule has 4 nitrogen and oxygen atoms in total. The van der Waals surface area contributed by atoms with Gasteiger partial charge in [0.25, 0.3) is 0 Å². The van der Waals surface area contributed by atoms with Crippen LogP contribution in [0.25, 0.3) is 11.5 Å². The Labute approximate surface area is 83.8 Å². The lowest BCUT2D eigenvalue weighted by Gasteiger charge is -1.91. The highest BCUT2D eigenvalue weighted by molar-refractivity contribution is 7.14. The molecule has 0 saturated carbocycles. The summed E-state index contributed by atoms with van der Waals surface area (Å²) in [5.41, 5.74) is 0.407. The van der Waals surface area contributed by atoms with E-state index in [0.717, 1.165) is 11.3 Å². The van der Waals surface area contributed by atoms with Gasteiger partial charge in [0.05, 0.1) is 11.3 Å². The van der Waals surface area contributed by atoms with E-state index in [1.165, 1.54) is 6.26 Å². The van der Waals surface area contributed by atoms with Crippen LogP contribution in [0, 0.1) is 6.92 Å². The molecule has 0 spiro atoms. The van der Waals surface area contributed by atoms with Gasteiger partial charge in [0.1, 0.15) is 10.6 Å². The Kier molecular flexibility index (Phi) is 2.09. The number of aromatic carboxylic acids is 1. The van der Waals surface area contributed by atoms with Crippen molar-refractivity contribution < 1.29 is 14.3 Å². The second kappa shape index (κ2) is 3.26. The average Bonchev–Trinajstić information content (AvgIpc) is 2.70. The normalized spacial score (nSPS) is 10.4. The van der Waals surface area contributed by atoms with Gasteiger partial charge in [-0.3, -0.25) is 0 Å². The average molecular weight is 209 g/mol. The van der Waals surface area contributed by atoms with Crippen molar-refractivity contribution in [1.29, 1.82) is 0 Å². The van der Waals surface area contributed by atoms with Crippen LogP contribution in [-0.4, -0.2) is 16.1 Å². The summed E-state index contributed by atoms with van der Waals surface area (Å²) in [6.07, 6.45) is 1.50. The first-order valence-corrected chi connectivity index (χ1v) is 4.74. The van der Waals surface area contributed by atoms with Crippen LogP contribution in [0.2, 0.25) is 0 Å². The minimum atomic E-state index is -0.970. The van der Waals surface area contributed by atoms with E-state index in [2.05, 4.69) is 4.98 Å². The zero-order valence-corrected chi connectivity index (χ0v) is 8.17. The van der Waals surface area contributed by atoms with Crippen LogP contribution >= 0.6 is 11.3 Å². The van der Waals surface area contributed by atoms with Gasteiger partial charge < -0.3 is 9.52 Å². The molecule has 14 heavy (non-hydrogen) atoms. The van der Waals surface area contributed by atoms with Gasteiger partial charge in [0.15, 0.2) is 5.76 Å². The molecule has 2 rings (SSSR count). The summed E-state index contributed by atoms with van der Waals surface area (Å²) in [6.45, 7) is 1.77. The lowest BCUT2D eigenvalue weighted by molar-refractivity contribution is 0.0702. The van der Waals surface area contributed by atoms with Crippen LogP contribution in [0.4, 0.5) is 0 Å². The quantitative estimate of drug-likeness (QED) is 0.824. The molecule has 0 amide bonds. The molecule has 0 atom stereocenters. The number of hydrogen-bond donors (Lipinski definition) is 1. The molecule has 0 fully saturated rings. The Morgan fingerprint density at radius 1 is 1.64 bits per heavy atom. The number of hydrogen-bond acceptors (Lipinski definition) is 4.